The number of hydrogen-bond donors (Lipinski definition) is 0. The molecule has 226 valence electrons. The Labute approximate surface area is 277 Å². The van der Waals surface area contributed by atoms with Crippen LogP contribution < -0.4 is 4.90 Å². The van der Waals surface area contributed by atoms with E-state index in [9.17, 15) is 0 Å². The van der Waals surface area contributed by atoms with Crippen LogP contribution in [0.5, 0.6) is 0 Å². The zero-order chi connectivity index (χ0) is 32.0. The molecule has 8 aromatic rings. The van der Waals surface area contributed by atoms with Crippen molar-refractivity contribution in [1.29, 1.82) is 0 Å². The number of fused-ring (bicyclic) bond motifs is 5. The van der Waals surface area contributed by atoms with Gasteiger partial charge >= 0.3 is 0 Å². The van der Waals surface area contributed by atoms with Crippen LogP contribution in [0.1, 0.15) is 41.7 Å². The third-order valence-electron chi connectivity index (χ3n) is 10.6. The molecule has 0 radical (unpaired) electrons. The average molecular weight is 604 g/mol. The van der Waals surface area contributed by atoms with E-state index in [4.69, 9.17) is 0 Å². The molecule has 8 aromatic carbocycles. The fourth-order valence-corrected chi connectivity index (χ4v) is 8.82. The molecule has 0 saturated heterocycles. The zero-order valence-corrected chi connectivity index (χ0v) is 27.6. The van der Waals surface area contributed by atoms with Crippen molar-refractivity contribution in [3.8, 4) is 22.3 Å². The maximum atomic E-state index is 2.45. The largest absolute Gasteiger partial charge is 0.310 e. The second-order valence-corrected chi connectivity index (χ2v) is 13.9. The van der Waals surface area contributed by atoms with Crippen molar-refractivity contribution in [2.75, 3.05) is 4.90 Å². The molecule has 0 aromatic heterocycles. The molecule has 1 heteroatoms. The molecule has 0 unspecified atom stereocenters. The first kappa shape index (κ1) is 27.9. The van der Waals surface area contributed by atoms with E-state index in [0.717, 1.165) is 11.4 Å². The first-order valence-corrected chi connectivity index (χ1v) is 16.7. The van der Waals surface area contributed by atoms with Crippen LogP contribution in [0.15, 0.2) is 133 Å². The summed E-state index contributed by atoms with van der Waals surface area (Å²) in [6.45, 7) is 11.6. The molecule has 0 atom stereocenters. The highest BCUT2D eigenvalue weighted by atomic mass is 15.1. The summed E-state index contributed by atoms with van der Waals surface area (Å²) in [7, 11) is 0. The van der Waals surface area contributed by atoms with Gasteiger partial charge in [0, 0.05) is 22.5 Å². The van der Waals surface area contributed by atoms with E-state index in [2.05, 4.69) is 173 Å². The van der Waals surface area contributed by atoms with Crippen molar-refractivity contribution in [3.05, 3.63) is 161 Å². The molecule has 9 rings (SSSR count). The molecule has 1 aliphatic carbocycles. The summed E-state index contributed by atoms with van der Waals surface area (Å²) in [6, 6.07) is 49.6. The molecule has 0 bridgehead atoms. The topological polar surface area (TPSA) is 3.24 Å². The van der Waals surface area contributed by atoms with Crippen molar-refractivity contribution in [3.63, 3.8) is 0 Å². The van der Waals surface area contributed by atoms with E-state index in [-0.39, 0.29) is 5.41 Å². The number of nitrogens with zero attached hydrogens (tertiary/aromatic N) is 1. The third kappa shape index (κ3) is 3.96. The van der Waals surface area contributed by atoms with Crippen LogP contribution in [-0.2, 0) is 5.41 Å². The third-order valence-corrected chi connectivity index (χ3v) is 10.6. The quantitative estimate of drug-likeness (QED) is 0.181. The molecule has 0 heterocycles. The van der Waals surface area contributed by atoms with Gasteiger partial charge < -0.3 is 4.90 Å². The predicted molar refractivity (Wildman–Crippen MR) is 202 cm³/mol. The second kappa shape index (κ2) is 10.0. The average Bonchev–Trinajstić information content (AvgIpc) is 3.31. The summed E-state index contributed by atoms with van der Waals surface area (Å²) in [5.74, 6) is 0. The number of rotatable bonds is 4. The van der Waals surface area contributed by atoms with Crippen LogP contribution in [-0.4, -0.2) is 0 Å². The van der Waals surface area contributed by atoms with E-state index < -0.39 is 0 Å². The lowest BCUT2D eigenvalue weighted by Gasteiger charge is -2.28. The van der Waals surface area contributed by atoms with Crippen molar-refractivity contribution in [1.82, 2.24) is 0 Å². The molecule has 0 fully saturated rings. The van der Waals surface area contributed by atoms with Crippen molar-refractivity contribution >= 4 is 49.4 Å². The minimum Gasteiger partial charge on any atom is -0.310 e. The van der Waals surface area contributed by atoms with E-state index in [1.54, 1.807) is 0 Å². The fraction of sp³-hybridized carbons (Fsp3) is 0.130. The van der Waals surface area contributed by atoms with E-state index in [1.165, 1.54) is 88.1 Å². The van der Waals surface area contributed by atoms with Gasteiger partial charge in [0.25, 0.3) is 0 Å². The number of para-hydroxylation sites is 2. The van der Waals surface area contributed by atoms with Gasteiger partial charge in [-0.25, -0.2) is 0 Å². The molecular formula is C46H37N. The Balaban J connectivity index is 1.34. The molecule has 0 aliphatic heterocycles. The highest BCUT2D eigenvalue weighted by Crippen LogP contribution is 2.57. The van der Waals surface area contributed by atoms with Crippen LogP contribution in [0.3, 0.4) is 0 Å². The lowest BCUT2D eigenvalue weighted by molar-refractivity contribution is 0.666. The SMILES string of the molecule is Cc1cc(C)c(-c2cc3cccc4c5c(c6cccc2c6c34)C(C)(C)c2cc(N(c3ccccc3)c3ccccc3)ccc2-5)c(C)c1. The highest BCUT2D eigenvalue weighted by Gasteiger charge is 2.39. The summed E-state index contributed by atoms with van der Waals surface area (Å²) in [5, 5.41) is 8.15. The summed E-state index contributed by atoms with van der Waals surface area (Å²) < 4.78 is 0. The van der Waals surface area contributed by atoms with Crippen LogP contribution in [0.4, 0.5) is 17.1 Å². The van der Waals surface area contributed by atoms with E-state index in [1.807, 2.05) is 0 Å². The van der Waals surface area contributed by atoms with Gasteiger partial charge in [-0.15, -0.1) is 0 Å². The number of anilines is 3. The minimum atomic E-state index is -0.195. The second-order valence-electron chi connectivity index (χ2n) is 13.9. The molecule has 0 saturated carbocycles. The maximum Gasteiger partial charge on any atom is 0.0465 e. The predicted octanol–water partition coefficient (Wildman–Crippen LogP) is 13.0. The van der Waals surface area contributed by atoms with Gasteiger partial charge in [-0.1, -0.05) is 110 Å². The summed E-state index contributed by atoms with van der Waals surface area (Å²) in [4.78, 5) is 2.38. The molecule has 1 aliphatic rings. The highest BCUT2D eigenvalue weighted by molar-refractivity contribution is 6.31. The number of benzene rings is 8. The lowest BCUT2D eigenvalue weighted by Crippen LogP contribution is -2.17. The van der Waals surface area contributed by atoms with Gasteiger partial charge in [0.15, 0.2) is 0 Å². The lowest BCUT2D eigenvalue weighted by atomic mass is 9.77. The molecule has 0 amide bonds. The first-order valence-electron chi connectivity index (χ1n) is 16.7. The monoisotopic (exact) mass is 603 g/mol. The maximum absolute atomic E-state index is 2.45. The van der Waals surface area contributed by atoms with Gasteiger partial charge in [-0.2, -0.15) is 0 Å². The Hall–Kier alpha value is -5.40. The summed E-state index contributed by atoms with van der Waals surface area (Å²) >= 11 is 0. The molecule has 1 nitrogen and oxygen atoms in total. The van der Waals surface area contributed by atoms with Crippen molar-refractivity contribution in [2.24, 2.45) is 0 Å². The van der Waals surface area contributed by atoms with E-state index >= 15 is 0 Å². The van der Waals surface area contributed by atoms with Crippen molar-refractivity contribution < 1.29 is 0 Å². The zero-order valence-electron chi connectivity index (χ0n) is 27.6. The Morgan fingerprint density at radius 1 is 0.468 bits per heavy atom. The molecule has 0 N–H and O–H groups in total. The van der Waals surface area contributed by atoms with Gasteiger partial charge in [-0.05, 0) is 140 Å². The van der Waals surface area contributed by atoms with Crippen molar-refractivity contribution in [2.45, 2.75) is 40.0 Å². The standard InChI is InChI=1S/C46H37N/c1-28-24-29(2)41(30(3)25-28)39-26-31-14-12-20-37-42(31)43-35(39)19-13-21-38(43)45-44(37)36-23-22-34(27-40(36)46(45,4)5)47(32-15-8-6-9-16-32)33-17-10-7-11-18-33/h6-27H,1-5H3. The molecule has 0 spiro atoms. The summed E-state index contributed by atoms with van der Waals surface area (Å²) in [5.41, 5.74) is 15.5. The first-order chi connectivity index (χ1) is 22.8. The van der Waals surface area contributed by atoms with E-state index in [0.29, 0.717) is 0 Å². The van der Waals surface area contributed by atoms with Gasteiger partial charge in [-0.3, -0.25) is 0 Å². The Bertz CT molecular complexity index is 2440. The Morgan fingerprint density at radius 3 is 1.77 bits per heavy atom. The van der Waals surface area contributed by atoms with Gasteiger partial charge in [0.2, 0.25) is 0 Å². The Morgan fingerprint density at radius 2 is 1.09 bits per heavy atom. The minimum absolute atomic E-state index is 0.195. The van der Waals surface area contributed by atoms with Crippen LogP contribution >= 0.6 is 0 Å². The number of hydrogen-bond acceptors (Lipinski definition) is 1. The fourth-order valence-electron chi connectivity index (χ4n) is 8.82. The summed E-state index contributed by atoms with van der Waals surface area (Å²) in [6.07, 6.45) is 0. The van der Waals surface area contributed by atoms with Crippen LogP contribution in [0.2, 0.25) is 0 Å². The van der Waals surface area contributed by atoms with Gasteiger partial charge in [0.1, 0.15) is 0 Å². The van der Waals surface area contributed by atoms with Crippen LogP contribution in [0.25, 0.3) is 54.6 Å². The Kier molecular flexibility index (Phi) is 5.96. The number of aryl methyl sites for hydroxylation is 3. The van der Waals surface area contributed by atoms with Gasteiger partial charge in [0.05, 0.1) is 0 Å². The van der Waals surface area contributed by atoms with Crippen LogP contribution in [0, 0.1) is 20.8 Å². The normalized spacial score (nSPS) is 13.4. The smallest absolute Gasteiger partial charge is 0.0465 e. The molecular weight excluding hydrogens is 567 g/mol. The molecule has 47 heavy (non-hydrogen) atoms.